The average Bonchev–Trinajstić information content (AvgIpc) is 2.96. The highest BCUT2D eigenvalue weighted by molar-refractivity contribution is 5.18. The van der Waals surface area contributed by atoms with Gasteiger partial charge >= 0.3 is 0 Å². The standard InChI is InChI=1S/C15H20FN3O/c16-14-5-3-13(4-6-14)15(20)11-17-7-1-2-9-19-10-8-18-12-19/h3-6,8,10,12,15,17,20H,1-2,7,9,11H2. The van der Waals surface area contributed by atoms with Crippen molar-refractivity contribution in [2.24, 2.45) is 0 Å². The van der Waals surface area contributed by atoms with Gasteiger partial charge in [0.15, 0.2) is 0 Å². The van der Waals surface area contributed by atoms with Crippen LogP contribution in [-0.2, 0) is 6.54 Å². The monoisotopic (exact) mass is 277 g/mol. The van der Waals surface area contributed by atoms with Crippen molar-refractivity contribution in [2.45, 2.75) is 25.5 Å². The number of hydrogen-bond donors (Lipinski definition) is 2. The molecule has 0 radical (unpaired) electrons. The quantitative estimate of drug-likeness (QED) is 0.727. The molecule has 2 N–H and O–H groups in total. The Labute approximate surface area is 118 Å². The molecule has 0 saturated carbocycles. The zero-order valence-corrected chi connectivity index (χ0v) is 11.4. The summed E-state index contributed by atoms with van der Waals surface area (Å²) < 4.78 is 14.8. The first-order valence-corrected chi connectivity index (χ1v) is 6.85. The van der Waals surface area contributed by atoms with Crippen molar-refractivity contribution in [1.82, 2.24) is 14.9 Å². The molecule has 0 fully saturated rings. The molecule has 1 aromatic carbocycles. The summed E-state index contributed by atoms with van der Waals surface area (Å²) in [5.74, 6) is -0.284. The summed E-state index contributed by atoms with van der Waals surface area (Å²) in [6.45, 7) is 2.30. The van der Waals surface area contributed by atoms with E-state index >= 15 is 0 Å². The van der Waals surface area contributed by atoms with E-state index < -0.39 is 6.10 Å². The molecule has 1 atom stereocenters. The number of benzene rings is 1. The Balaban J connectivity index is 1.57. The first-order valence-electron chi connectivity index (χ1n) is 6.85. The normalized spacial score (nSPS) is 12.5. The first kappa shape index (κ1) is 14.7. The molecule has 2 aromatic rings. The van der Waals surface area contributed by atoms with Gasteiger partial charge in [-0.1, -0.05) is 12.1 Å². The van der Waals surface area contributed by atoms with Crippen LogP contribution < -0.4 is 5.32 Å². The second kappa shape index (κ2) is 7.77. The van der Waals surface area contributed by atoms with Gasteiger partial charge in [0, 0.05) is 25.5 Å². The molecule has 1 heterocycles. The van der Waals surface area contributed by atoms with E-state index in [9.17, 15) is 9.50 Å². The molecule has 0 amide bonds. The summed E-state index contributed by atoms with van der Waals surface area (Å²) in [6.07, 6.45) is 7.04. The molecule has 108 valence electrons. The van der Waals surface area contributed by atoms with E-state index in [0.29, 0.717) is 6.54 Å². The van der Waals surface area contributed by atoms with Gasteiger partial charge in [-0.05, 0) is 37.1 Å². The number of nitrogens with one attached hydrogen (secondary N) is 1. The van der Waals surface area contributed by atoms with E-state index in [1.807, 2.05) is 17.1 Å². The van der Waals surface area contributed by atoms with Crippen LogP contribution >= 0.6 is 0 Å². The maximum atomic E-state index is 12.8. The number of unbranched alkanes of at least 4 members (excludes halogenated alkanes) is 1. The number of aliphatic hydroxyl groups is 1. The molecular formula is C15H20FN3O. The van der Waals surface area contributed by atoms with E-state index in [2.05, 4.69) is 10.3 Å². The van der Waals surface area contributed by atoms with Gasteiger partial charge in [-0.3, -0.25) is 0 Å². The summed E-state index contributed by atoms with van der Waals surface area (Å²) in [6, 6.07) is 5.95. The zero-order valence-electron chi connectivity index (χ0n) is 11.4. The predicted octanol–water partition coefficient (Wildman–Crippen LogP) is 2.13. The number of aliphatic hydroxyl groups excluding tert-OH is 1. The van der Waals surface area contributed by atoms with Crippen LogP contribution in [0, 0.1) is 5.82 Å². The van der Waals surface area contributed by atoms with Gasteiger partial charge in [0.1, 0.15) is 5.82 Å². The first-order chi connectivity index (χ1) is 9.75. The van der Waals surface area contributed by atoms with Gasteiger partial charge in [0.05, 0.1) is 12.4 Å². The predicted molar refractivity (Wildman–Crippen MR) is 75.7 cm³/mol. The maximum Gasteiger partial charge on any atom is 0.123 e. The Kier molecular flexibility index (Phi) is 5.70. The number of rotatable bonds is 8. The number of nitrogens with zero attached hydrogens (tertiary/aromatic N) is 2. The summed E-state index contributed by atoms with van der Waals surface area (Å²) in [7, 11) is 0. The van der Waals surface area contributed by atoms with Crippen molar-refractivity contribution in [2.75, 3.05) is 13.1 Å². The fraction of sp³-hybridized carbons (Fsp3) is 0.400. The lowest BCUT2D eigenvalue weighted by Crippen LogP contribution is -2.22. The van der Waals surface area contributed by atoms with Crippen molar-refractivity contribution < 1.29 is 9.50 Å². The van der Waals surface area contributed by atoms with E-state index in [4.69, 9.17) is 0 Å². The summed E-state index contributed by atoms with van der Waals surface area (Å²) in [5.41, 5.74) is 0.734. The minimum Gasteiger partial charge on any atom is -0.387 e. The number of imidazole rings is 1. The Morgan fingerprint density at radius 1 is 1.25 bits per heavy atom. The number of hydrogen-bond acceptors (Lipinski definition) is 3. The molecule has 0 spiro atoms. The van der Waals surface area contributed by atoms with Crippen LogP contribution in [0.4, 0.5) is 4.39 Å². The molecular weight excluding hydrogens is 257 g/mol. The Morgan fingerprint density at radius 3 is 2.75 bits per heavy atom. The minimum atomic E-state index is -0.593. The Hall–Kier alpha value is -1.72. The van der Waals surface area contributed by atoms with Gasteiger partial charge in [0.2, 0.25) is 0 Å². The van der Waals surface area contributed by atoms with Crippen molar-refractivity contribution in [1.29, 1.82) is 0 Å². The molecule has 20 heavy (non-hydrogen) atoms. The Bertz CT molecular complexity index is 484. The van der Waals surface area contributed by atoms with Crippen LogP contribution in [0.5, 0.6) is 0 Å². The van der Waals surface area contributed by atoms with Crippen molar-refractivity contribution >= 4 is 0 Å². The molecule has 0 aliphatic heterocycles. The summed E-state index contributed by atoms with van der Waals surface area (Å²) in [4.78, 5) is 3.99. The van der Waals surface area contributed by atoms with Crippen LogP contribution in [0.3, 0.4) is 0 Å². The van der Waals surface area contributed by atoms with Crippen LogP contribution in [0.2, 0.25) is 0 Å². The average molecular weight is 277 g/mol. The lowest BCUT2D eigenvalue weighted by molar-refractivity contribution is 0.174. The minimum absolute atomic E-state index is 0.284. The van der Waals surface area contributed by atoms with Gasteiger partial charge in [-0.15, -0.1) is 0 Å². The van der Waals surface area contributed by atoms with E-state index in [1.165, 1.54) is 12.1 Å². The van der Waals surface area contributed by atoms with Gasteiger partial charge < -0.3 is 15.0 Å². The lowest BCUT2D eigenvalue weighted by atomic mass is 10.1. The van der Waals surface area contributed by atoms with Crippen molar-refractivity contribution in [3.63, 3.8) is 0 Å². The van der Waals surface area contributed by atoms with Crippen LogP contribution in [0.25, 0.3) is 0 Å². The van der Waals surface area contributed by atoms with Crippen LogP contribution in [0.15, 0.2) is 43.0 Å². The van der Waals surface area contributed by atoms with E-state index in [1.54, 1.807) is 18.3 Å². The molecule has 0 aliphatic rings. The molecule has 1 aromatic heterocycles. The second-order valence-electron chi connectivity index (χ2n) is 4.78. The SMILES string of the molecule is OC(CNCCCCn1ccnc1)c1ccc(F)cc1. The Morgan fingerprint density at radius 2 is 2.05 bits per heavy atom. The van der Waals surface area contributed by atoms with Crippen molar-refractivity contribution in [3.05, 3.63) is 54.4 Å². The smallest absolute Gasteiger partial charge is 0.123 e. The largest absolute Gasteiger partial charge is 0.387 e. The van der Waals surface area contributed by atoms with Crippen molar-refractivity contribution in [3.8, 4) is 0 Å². The van der Waals surface area contributed by atoms with Crippen LogP contribution in [0.1, 0.15) is 24.5 Å². The summed E-state index contributed by atoms with van der Waals surface area (Å²) >= 11 is 0. The van der Waals surface area contributed by atoms with E-state index in [-0.39, 0.29) is 5.82 Å². The van der Waals surface area contributed by atoms with E-state index in [0.717, 1.165) is 31.5 Å². The molecule has 5 heteroatoms. The second-order valence-corrected chi connectivity index (χ2v) is 4.78. The highest BCUT2D eigenvalue weighted by Gasteiger charge is 2.06. The number of aromatic nitrogens is 2. The third kappa shape index (κ3) is 4.75. The summed E-state index contributed by atoms with van der Waals surface area (Å²) in [5, 5.41) is 13.1. The fourth-order valence-electron chi connectivity index (χ4n) is 2.00. The number of halogens is 1. The number of aryl methyl sites for hydroxylation is 1. The zero-order chi connectivity index (χ0) is 14.2. The third-order valence-electron chi connectivity index (χ3n) is 3.17. The van der Waals surface area contributed by atoms with Crippen LogP contribution in [-0.4, -0.2) is 27.7 Å². The molecule has 2 rings (SSSR count). The fourth-order valence-corrected chi connectivity index (χ4v) is 2.00. The third-order valence-corrected chi connectivity index (χ3v) is 3.17. The topological polar surface area (TPSA) is 50.1 Å². The molecule has 0 saturated heterocycles. The van der Waals surface area contributed by atoms with Gasteiger partial charge in [0.25, 0.3) is 0 Å². The maximum absolute atomic E-state index is 12.8. The molecule has 0 aliphatic carbocycles. The molecule has 1 unspecified atom stereocenters. The highest BCUT2D eigenvalue weighted by atomic mass is 19.1. The van der Waals surface area contributed by atoms with Gasteiger partial charge in [-0.25, -0.2) is 9.37 Å². The molecule has 4 nitrogen and oxygen atoms in total. The molecule has 0 bridgehead atoms. The highest BCUT2D eigenvalue weighted by Crippen LogP contribution is 2.12. The lowest BCUT2D eigenvalue weighted by Gasteiger charge is -2.12. The van der Waals surface area contributed by atoms with Gasteiger partial charge in [-0.2, -0.15) is 0 Å².